The third-order valence-electron chi connectivity index (χ3n) is 3.98. The zero-order chi connectivity index (χ0) is 13.8. The molecule has 1 aliphatic rings. The summed E-state index contributed by atoms with van der Waals surface area (Å²) in [5.41, 5.74) is 6.79. The summed E-state index contributed by atoms with van der Waals surface area (Å²) in [4.78, 5) is 2.28. The Kier molecular flexibility index (Phi) is 4.91. The summed E-state index contributed by atoms with van der Waals surface area (Å²) in [6.07, 6.45) is 1.07. The van der Waals surface area contributed by atoms with Gasteiger partial charge in [0.1, 0.15) is 5.82 Å². The number of likely N-dealkylation sites (N-methyl/N-ethyl adjacent to an activating group) is 1. The van der Waals surface area contributed by atoms with E-state index < -0.39 is 0 Å². The van der Waals surface area contributed by atoms with Crippen LogP contribution in [0.5, 0.6) is 0 Å². The van der Waals surface area contributed by atoms with Crippen molar-refractivity contribution in [2.75, 3.05) is 26.8 Å². The van der Waals surface area contributed by atoms with E-state index in [0.29, 0.717) is 11.6 Å². The third-order valence-corrected chi connectivity index (χ3v) is 3.98. The summed E-state index contributed by atoms with van der Waals surface area (Å²) in [6.45, 7) is 4.55. The van der Waals surface area contributed by atoms with Crippen LogP contribution in [0, 0.1) is 11.7 Å². The molecule has 0 aromatic heterocycles. The van der Waals surface area contributed by atoms with Gasteiger partial charge in [-0.1, -0.05) is 25.1 Å². The molecule has 0 spiro atoms. The second-order valence-electron chi connectivity index (χ2n) is 5.48. The standard InChI is InChI=1S/C15H23FN2O/c1-11(9-18(2)12-7-8-19-10-12)15(17)13-5-3-4-6-14(13)16/h3-6,11-12,15H,7-10,17H2,1-2H3. The van der Waals surface area contributed by atoms with Crippen LogP contribution in [0.25, 0.3) is 0 Å². The number of hydrogen-bond acceptors (Lipinski definition) is 3. The molecule has 0 aliphatic carbocycles. The van der Waals surface area contributed by atoms with Crippen molar-refractivity contribution in [2.45, 2.75) is 25.4 Å². The number of benzene rings is 1. The molecule has 3 unspecified atom stereocenters. The summed E-state index contributed by atoms with van der Waals surface area (Å²) in [7, 11) is 2.09. The zero-order valence-corrected chi connectivity index (χ0v) is 11.7. The van der Waals surface area contributed by atoms with E-state index in [0.717, 1.165) is 26.2 Å². The van der Waals surface area contributed by atoms with Gasteiger partial charge in [-0.2, -0.15) is 0 Å². The fourth-order valence-corrected chi connectivity index (χ4v) is 2.64. The summed E-state index contributed by atoms with van der Waals surface area (Å²) in [5, 5.41) is 0. The fraction of sp³-hybridized carbons (Fsp3) is 0.600. The first-order chi connectivity index (χ1) is 9.09. The van der Waals surface area contributed by atoms with Crippen LogP contribution < -0.4 is 5.73 Å². The molecule has 3 nitrogen and oxygen atoms in total. The number of hydrogen-bond donors (Lipinski definition) is 1. The van der Waals surface area contributed by atoms with Crippen molar-refractivity contribution in [2.24, 2.45) is 11.7 Å². The van der Waals surface area contributed by atoms with Crippen LogP contribution in [-0.4, -0.2) is 37.7 Å². The highest BCUT2D eigenvalue weighted by molar-refractivity contribution is 5.21. The molecule has 1 heterocycles. The van der Waals surface area contributed by atoms with Gasteiger partial charge in [-0.25, -0.2) is 4.39 Å². The summed E-state index contributed by atoms with van der Waals surface area (Å²) < 4.78 is 19.1. The van der Waals surface area contributed by atoms with Crippen LogP contribution in [-0.2, 0) is 4.74 Å². The van der Waals surface area contributed by atoms with Gasteiger partial charge in [0.2, 0.25) is 0 Å². The van der Waals surface area contributed by atoms with Crippen molar-refractivity contribution < 1.29 is 9.13 Å². The van der Waals surface area contributed by atoms with Crippen LogP contribution in [0.3, 0.4) is 0 Å². The SMILES string of the molecule is CC(CN(C)C1CCOC1)C(N)c1ccccc1F. The van der Waals surface area contributed by atoms with E-state index in [-0.39, 0.29) is 17.8 Å². The van der Waals surface area contributed by atoms with Gasteiger partial charge < -0.3 is 15.4 Å². The highest BCUT2D eigenvalue weighted by Crippen LogP contribution is 2.23. The van der Waals surface area contributed by atoms with Crippen LogP contribution in [0.2, 0.25) is 0 Å². The lowest BCUT2D eigenvalue weighted by Crippen LogP contribution is -2.38. The lowest BCUT2D eigenvalue weighted by molar-refractivity contribution is 0.147. The van der Waals surface area contributed by atoms with E-state index in [2.05, 4.69) is 18.9 Å². The maximum Gasteiger partial charge on any atom is 0.127 e. The van der Waals surface area contributed by atoms with E-state index in [9.17, 15) is 4.39 Å². The third kappa shape index (κ3) is 3.53. The molecule has 1 aromatic rings. The largest absolute Gasteiger partial charge is 0.380 e. The molecule has 0 bridgehead atoms. The molecule has 1 aromatic carbocycles. The average Bonchev–Trinajstić information content (AvgIpc) is 2.92. The van der Waals surface area contributed by atoms with E-state index in [4.69, 9.17) is 10.5 Å². The van der Waals surface area contributed by atoms with E-state index in [1.165, 1.54) is 6.07 Å². The van der Waals surface area contributed by atoms with Gasteiger partial charge in [0.05, 0.1) is 6.61 Å². The van der Waals surface area contributed by atoms with Gasteiger partial charge >= 0.3 is 0 Å². The molecule has 1 saturated heterocycles. The Hall–Kier alpha value is -0.970. The number of halogens is 1. The molecule has 106 valence electrons. The maximum absolute atomic E-state index is 13.7. The van der Waals surface area contributed by atoms with Gasteiger partial charge in [-0.15, -0.1) is 0 Å². The second kappa shape index (κ2) is 6.46. The van der Waals surface area contributed by atoms with E-state index in [1.807, 2.05) is 6.07 Å². The van der Waals surface area contributed by atoms with Crippen molar-refractivity contribution in [1.82, 2.24) is 4.90 Å². The summed E-state index contributed by atoms with van der Waals surface area (Å²) in [6, 6.07) is 6.96. The highest BCUT2D eigenvalue weighted by atomic mass is 19.1. The quantitative estimate of drug-likeness (QED) is 0.888. The minimum absolute atomic E-state index is 0.197. The van der Waals surface area contributed by atoms with Gasteiger partial charge in [0, 0.05) is 30.8 Å². The fourth-order valence-electron chi connectivity index (χ4n) is 2.64. The van der Waals surface area contributed by atoms with Crippen molar-refractivity contribution in [1.29, 1.82) is 0 Å². The van der Waals surface area contributed by atoms with Crippen LogP contribution >= 0.6 is 0 Å². The Labute approximate surface area is 114 Å². The van der Waals surface area contributed by atoms with Crippen molar-refractivity contribution in [3.05, 3.63) is 35.6 Å². The predicted molar refractivity (Wildman–Crippen MR) is 74.3 cm³/mol. The first-order valence-electron chi connectivity index (χ1n) is 6.87. The first kappa shape index (κ1) is 14.4. The molecule has 2 N–H and O–H groups in total. The van der Waals surface area contributed by atoms with Crippen LogP contribution in [0.1, 0.15) is 24.9 Å². The molecule has 0 saturated carbocycles. The monoisotopic (exact) mass is 266 g/mol. The Morgan fingerprint density at radius 2 is 2.21 bits per heavy atom. The second-order valence-corrected chi connectivity index (χ2v) is 5.48. The smallest absolute Gasteiger partial charge is 0.127 e. The molecule has 0 amide bonds. The van der Waals surface area contributed by atoms with E-state index >= 15 is 0 Å². The van der Waals surface area contributed by atoms with Crippen molar-refractivity contribution >= 4 is 0 Å². The Morgan fingerprint density at radius 3 is 2.84 bits per heavy atom. The average molecular weight is 266 g/mol. The normalized spacial score (nSPS) is 22.7. The Bertz CT molecular complexity index is 407. The number of rotatable bonds is 5. The summed E-state index contributed by atoms with van der Waals surface area (Å²) in [5.74, 6) is -0.0174. The van der Waals surface area contributed by atoms with Gasteiger partial charge in [-0.3, -0.25) is 0 Å². The molecular weight excluding hydrogens is 243 g/mol. The highest BCUT2D eigenvalue weighted by Gasteiger charge is 2.24. The number of ether oxygens (including phenoxy) is 1. The molecule has 1 fully saturated rings. The van der Waals surface area contributed by atoms with Crippen LogP contribution in [0.4, 0.5) is 4.39 Å². The van der Waals surface area contributed by atoms with Crippen LogP contribution in [0.15, 0.2) is 24.3 Å². The molecule has 1 aliphatic heterocycles. The molecule has 19 heavy (non-hydrogen) atoms. The number of nitrogens with zero attached hydrogens (tertiary/aromatic N) is 1. The zero-order valence-electron chi connectivity index (χ0n) is 11.7. The topological polar surface area (TPSA) is 38.5 Å². The van der Waals surface area contributed by atoms with Crippen molar-refractivity contribution in [3.8, 4) is 0 Å². The van der Waals surface area contributed by atoms with E-state index in [1.54, 1.807) is 12.1 Å². The lowest BCUT2D eigenvalue weighted by Gasteiger charge is -2.29. The Morgan fingerprint density at radius 1 is 1.47 bits per heavy atom. The predicted octanol–water partition coefficient (Wildman–Crippen LogP) is 2.18. The van der Waals surface area contributed by atoms with Gasteiger partial charge in [0.25, 0.3) is 0 Å². The first-order valence-corrected chi connectivity index (χ1v) is 6.87. The molecular formula is C15H23FN2O. The molecule has 0 radical (unpaired) electrons. The Balaban J connectivity index is 1.95. The number of nitrogens with two attached hydrogens (primary N) is 1. The summed E-state index contributed by atoms with van der Waals surface area (Å²) >= 11 is 0. The minimum Gasteiger partial charge on any atom is -0.380 e. The molecule has 2 rings (SSSR count). The maximum atomic E-state index is 13.7. The lowest BCUT2D eigenvalue weighted by atomic mass is 9.94. The van der Waals surface area contributed by atoms with Crippen molar-refractivity contribution in [3.63, 3.8) is 0 Å². The minimum atomic E-state index is -0.272. The molecule has 4 heteroatoms. The van der Waals surface area contributed by atoms with Gasteiger partial charge in [-0.05, 0) is 25.5 Å². The van der Waals surface area contributed by atoms with Gasteiger partial charge in [0.15, 0.2) is 0 Å². The molecule has 3 atom stereocenters.